The summed E-state index contributed by atoms with van der Waals surface area (Å²) >= 11 is 0. The predicted octanol–water partition coefficient (Wildman–Crippen LogP) is 1.83. The lowest BCUT2D eigenvalue weighted by Gasteiger charge is -2.34. The van der Waals surface area contributed by atoms with Crippen molar-refractivity contribution < 1.29 is 14.0 Å². The van der Waals surface area contributed by atoms with E-state index in [1.807, 2.05) is 35.2 Å². The van der Waals surface area contributed by atoms with Gasteiger partial charge in [0.1, 0.15) is 5.82 Å². The fraction of sp³-hybridized carbons (Fsp3) is 0.333. The Morgan fingerprint density at radius 3 is 2.22 bits per heavy atom. The molecule has 0 unspecified atom stereocenters. The average Bonchev–Trinajstić information content (AvgIpc) is 2.69. The van der Waals surface area contributed by atoms with E-state index >= 15 is 0 Å². The maximum Gasteiger partial charge on any atom is 0.234 e. The lowest BCUT2D eigenvalue weighted by atomic mass is 10.1. The van der Waals surface area contributed by atoms with Gasteiger partial charge in [0.05, 0.1) is 13.0 Å². The first-order valence-electron chi connectivity index (χ1n) is 9.15. The van der Waals surface area contributed by atoms with Crippen molar-refractivity contribution in [2.75, 3.05) is 32.7 Å². The number of halogens is 1. The molecule has 2 aromatic rings. The zero-order valence-corrected chi connectivity index (χ0v) is 15.2. The van der Waals surface area contributed by atoms with Crippen LogP contribution in [0.4, 0.5) is 4.39 Å². The third-order valence-electron chi connectivity index (χ3n) is 4.69. The smallest absolute Gasteiger partial charge is 0.234 e. The van der Waals surface area contributed by atoms with Gasteiger partial charge in [-0.15, -0.1) is 0 Å². The number of carbonyl (C=O) groups is 2. The first kappa shape index (κ1) is 19.0. The van der Waals surface area contributed by atoms with Gasteiger partial charge in [-0.25, -0.2) is 4.39 Å². The first-order chi connectivity index (χ1) is 13.1. The Morgan fingerprint density at radius 1 is 0.889 bits per heavy atom. The van der Waals surface area contributed by atoms with Crippen molar-refractivity contribution in [2.24, 2.45) is 0 Å². The number of nitrogens with zero attached hydrogens (tertiary/aromatic N) is 2. The minimum absolute atomic E-state index is 0.00931. The van der Waals surface area contributed by atoms with E-state index in [9.17, 15) is 14.0 Å². The van der Waals surface area contributed by atoms with Crippen molar-refractivity contribution in [1.82, 2.24) is 15.1 Å². The minimum atomic E-state index is -0.301. The van der Waals surface area contributed by atoms with Crippen LogP contribution in [-0.2, 0) is 22.6 Å². The lowest BCUT2D eigenvalue weighted by molar-refractivity contribution is -0.132. The molecule has 0 aliphatic carbocycles. The Labute approximate surface area is 158 Å². The van der Waals surface area contributed by atoms with Crippen LogP contribution >= 0.6 is 0 Å². The van der Waals surface area contributed by atoms with Crippen LogP contribution in [0.5, 0.6) is 0 Å². The highest BCUT2D eigenvalue weighted by Gasteiger charge is 2.22. The van der Waals surface area contributed by atoms with Gasteiger partial charge in [0.15, 0.2) is 0 Å². The summed E-state index contributed by atoms with van der Waals surface area (Å²) in [6.45, 7) is 3.42. The molecular weight excluding hydrogens is 345 g/mol. The molecule has 1 aliphatic heterocycles. The number of amides is 2. The van der Waals surface area contributed by atoms with E-state index in [-0.39, 0.29) is 24.1 Å². The molecule has 5 nitrogen and oxygen atoms in total. The van der Waals surface area contributed by atoms with Crippen LogP contribution in [0.3, 0.4) is 0 Å². The fourth-order valence-corrected chi connectivity index (χ4v) is 3.10. The summed E-state index contributed by atoms with van der Waals surface area (Å²) in [5.41, 5.74) is 1.88. The van der Waals surface area contributed by atoms with E-state index in [4.69, 9.17) is 0 Å². The molecule has 1 heterocycles. The number of hydrogen-bond donors (Lipinski definition) is 1. The average molecular weight is 369 g/mol. The highest BCUT2D eigenvalue weighted by Crippen LogP contribution is 2.08. The van der Waals surface area contributed by atoms with Gasteiger partial charge in [-0.05, 0) is 23.3 Å². The summed E-state index contributed by atoms with van der Waals surface area (Å²) in [6.07, 6.45) is 0.276. The van der Waals surface area contributed by atoms with Gasteiger partial charge in [-0.3, -0.25) is 14.5 Å². The first-order valence-corrected chi connectivity index (χ1v) is 9.15. The summed E-state index contributed by atoms with van der Waals surface area (Å²) < 4.78 is 12.9. The van der Waals surface area contributed by atoms with Gasteiger partial charge in [0, 0.05) is 32.7 Å². The summed E-state index contributed by atoms with van der Waals surface area (Å²) in [4.78, 5) is 28.3. The van der Waals surface area contributed by atoms with Gasteiger partial charge < -0.3 is 10.2 Å². The molecule has 0 aromatic heterocycles. The van der Waals surface area contributed by atoms with Crippen molar-refractivity contribution in [2.45, 2.75) is 13.0 Å². The van der Waals surface area contributed by atoms with Crippen LogP contribution in [0.15, 0.2) is 54.6 Å². The van der Waals surface area contributed by atoms with E-state index in [0.29, 0.717) is 39.3 Å². The predicted molar refractivity (Wildman–Crippen MR) is 101 cm³/mol. The van der Waals surface area contributed by atoms with Crippen LogP contribution in [0, 0.1) is 5.82 Å². The Hall–Kier alpha value is -2.73. The Kier molecular flexibility index (Phi) is 6.54. The van der Waals surface area contributed by atoms with Crippen LogP contribution in [0.1, 0.15) is 11.1 Å². The Morgan fingerprint density at radius 2 is 1.56 bits per heavy atom. The number of carbonyl (C=O) groups excluding carboxylic acids is 2. The topological polar surface area (TPSA) is 52.7 Å². The van der Waals surface area contributed by atoms with Gasteiger partial charge in [-0.1, -0.05) is 42.5 Å². The molecule has 1 saturated heterocycles. The number of nitrogens with one attached hydrogen (secondary N) is 1. The van der Waals surface area contributed by atoms with Crippen molar-refractivity contribution in [3.63, 3.8) is 0 Å². The molecule has 27 heavy (non-hydrogen) atoms. The largest absolute Gasteiger partial charge is 0.351 e. The zero-order chi connectivity index (χ0) is 19.1. The molecule has 0 radical (unpaired) electrons. The molecule has 1 fully saturated rings. The highest BCUT2D eigenvalue weighted by atomic mass is 19.1. The maximum absolute atomic E-state index is 12.9. The molecule has 0 spiro atoms. The van der Waals surface area contributed by atoms with Crippen molar-refractivity contribution >= 4 is 11.8 Å². The maximum atomic E-state index is 12.9. The molecule has 1 N–H and O–H groups in total. The molecule has 6 heteroatoms. The van der Waals surface area contributed by atoms with Crippen molar-refractivity contribution in [3.8, 4) is 0 Å². The molecule has 0 atom stereocenters. The molecule has 3 rings (SSSR count). The second-order valence-corrected chi connectivity index (χ2v) is 6.72. The van der Waals surface area contributed by atoms with E-state index in [1.54, 1.807) is 12.1 Å². The van der Waals surface area contributed by atoms with Crippen LogP contribution in [-0.4, -0.2) is 54.3 Å². The Bertz CT molecular complexity index is 757. The fourth-order valence-electron chi connectivity index (χ4n) is 3.10. The number of benzene rings is 2. The third kappa shape index (κ3) is 5.89. The summed E-state index contributed by atoms with van der Waals surface area (Å²) in [5, 5.41) is 2.93. The number of rotatable bonds is 6. The van der Waals surface area contributed by atoms with E-state index in [1.165, 1.54) is 12.1 Å². The number of hydrogen-bond acceptors (Lipinski definition) is 3. The molecule has 142 valence electrons. The lowest BCUT2D eigenvalue weighted by Crippen LogP contribution is -2.51. The van der Waals surface area contributed by atoms with Crippen LogP contribution in [0.25, 0.3) is 0 Å². The van der Waals surface area contributed by atoms with E-state index < -0.39 is 0 Å². The molecule has 0 bridgehead atoms. The minimum Gasteiger partial charge on any atom is -0.351 e. The molecule has 2 aromatic carbocycles. The van der Waals surface area contributed by atoms with Gasteiger partial charge in [-0.2, -0.15) is 0 Å². The molecule has 0 saturated carbocycles. The van der Waals surface area contributed by atoms with Gasteiger partial charge in [0.2, 0.25) is 11.8 Å². The molecule has 2 amide bonds. The second-order valence-electron chi connectivity index (χ2n) is 6.72. The third-order valence-corrected chi connectivity index (χ3v) is 4.69. The van der Waals surface area contributed by atoms with E-state index in [0.717, 1.165) is 11.1 Å². The summed E-state index contributed by atoms with van der Waals surface area (Å²) in [5.74, 6) is -0.273. The monoisotopic (exact) mass is 369 g/mol. The van der Waals surface area contributed by atoms with Crippen molar-refractivity contribution in [3.05, 3.63) is 71.5 Å². The van der Waals surface area contributed by atoms with Crippen LogP contribution < -0.4 is 5.32 Å². The summed E-state index contributed by atoms with van der Waals surface area (Å²) in [7, 11) is 0. The van der Waals surface area contributed by atoms with Gasteiger partial charge in [0.25, 0.3) is 0 Å². The standard InChI is InChI=1S/C21H24FN3O2/c22-19-8-6-17(7-9-19)14-21(27)25-12-10-24(11-13-25)16-20(26)23-15-18-4-2-1-3-5-18/h1-9H,10-16H2,(H,23,26). The normalized spacial score (nSPS) is 14.8. The van der Waals surface area contributed by atoms with Gasteiger partial charge >= 0.3 is 0 Å². The second kappa shape index (κ2) is 9.28. The quantitative estimate of drug-likeness (QED) is 0.845. The molecular formula is C21H24FN3O2. The highest BCUT2D eigenvalue weighted by molar-refractivity contribution is 5.79. The number of piperazine rings is 1. The summed E-state index contributed by atoms with van der Waals surface area (Å²) in [6, 6.07) is 15.8. The van der Waals surface area contributed by atoms with Crippen LogP contribution in [0.2, 0.25) is 0 Å². The zero-order valence-electron chi connectivity index (χ0n) is 15.2. The molecule has 1 aliphatic rings. The SMILES string of the molecule is O=C(CN1CCN(C(=O)Cc2ccc(F)cc2)CC1)NCc1ccccc1. The van der Waals surface area contributed by atoms with E-state index in [2.05, 4.69) is 10.2 Å². The Balaban J connectivity index is 1.38. The van der Waals surface area contributed by atoms with Crippen molar-refractivity contribution in [1.29, 1.82) is 0 Å².